The van der Waals surface area contributed by atoms with E-state index in [2.05, 4.69) is 106 Å². The number of unbranched alkanes of at least 4 members (excludes halogenated alkanes) is 29. The smallest absolute Gasteiger partial charge is 0.306 e. The van der Waals surface area contributed by atoms with Crippen LogP contribution < -0.4 is 0 Å². The lowest BCUT2D eigenvalue weighted by Crippen LogP contribution is -2.30. The fourth-order valence-electron chi connectivity index (χ4n) is 8.74. The molecule has 0 N–H and O–H groups in total. The van der Waals surface area contributed by atoms with Gasteiger partial charge in [-0.3, -0.25) is 14.4 Å². The molecule has 0 spiro atoms. The Morgan fingerprint density at radius 2 is 0.554 bits per heavy atom. The Hall–Kier alpha value is -3.67. The molecule has 0 fully saturated rings. The third-order valence-corrected chi connectivity index (χ3v) is 13.3. The number of carbonyl (C=O) groups is 3. The van der Waals surface area contributed by atoms with Gasteiger partial charge in [-0.25, -0.2) is 0 Å². The maximum absolute atomic E-state index is 12.7. The highest BCUT2D eigenvalue weighted by atomic mass is 16.6. The molecule has 0 aliphatic heterocycles. The molecular formula is C68H116O6. The minimum absolute atomic E-state index is 0.102. The van der Waals surface area contributed by atoms with Crippen LogP contribution in [0.3, 0.4) is 0 Å². The zero-order chi connectivity index (χ0) is 53.6. The summed E-state index contributed by atoms with van der Waals surface area (Å²) < 4.78 is 16.7. The number of allylic oxidation sites excluding steroid dienone is 16. The van der Waals surface area contributed by atoms with Gasteiger partial charge in [0.25, 0.3) is 0 Å². The van der Waals surface area contributed by atoms with Crippen LogP contribution in [0.4, 0.5) is 0 Å². The minimum atomic E-state index is -0.810. The Balaban J connectivity index is 3.99. The summed E-state index contributed by atoms with van der Waals surface area (Å²) in [7, 11) is 0. The van der Waals surface area contributed by atoms with Gasteiger partial charge in [-0.1, -0.05) is 291 Å². The number of rotatable bonds is 56. The van der Waals surface area contributed by atoms with Gasteiger partial charge in [-0.15, -0.1) is 0 Å². The van der Waals surface area contributed by atoms with Crippen molar-refractivity contribution in [3.8, 4) is 0 Å². The van der Waals surface area contributed by atoms with E-state index in [1.807, 2.05) is 12.2 Å². The van der Waals surface area contributed by atoms with E-state index >= 15 is 0 Å². The first-order chi connectivity index (χ1) is 36.5. The largest absolute Gasteiger partial charge is 0.462 e. The van der Waals surface area contributed by atoms with Gasteiger partial charge in [0.15, 0.2) is 6.10 Å². The second kappa shape index (κ2) is 61.9. The molecule has 1 atom stereocenters. The fraction of sp³-hybridized carbons (Fsp3) is 0.721. The lowest BCUT2D eigenvalue weighted by Gasteiger charge is -2.18. The van der Waals surface area contributed by atoms with Gasteiger partial charge < -0.3 is 14.2 Å². The maximum Gasteiger partial charge on any atom is 0.306 e. The van der Waals surface area contributed by atoms with Gasteiger partial charge in [-0.05, 0) is 83.5 Å². The van der Waals surface area contributed by atoms with Crippen molar-refractivity contribution in [2.75, 3.05) is 13.2 Å². The quantitative estimate of drug-likeness (QED) is 0.0261. The van der Waals surface area contributed by atoms with Gasteiger partial charge in [0, 0.05) is 19.3 Å². The van der Waals surface area contributed by atoms with Crippen LogP contribution in [0.15, 0.2) is 97.2 Å². The van der Waals surface area contributed by atoms with Crippen molar-refractivity contribution in [2.45, 2.75) is 303 Å². The summed E-state index contributed by atoms with van der Waals surface area (Å²) in [6.07, 6.45) is 83.3. The molecule has 0 heterocycles. The molecule has 1 unspecified atom stereocenters. The number of esters is 3. The highest BCUT2D eigenvalue weighted by Gasteiger charge is 2.19. The third kappa shape index (κ3) is 59.2. The lowest BCUT2D eigenvalue weighted by molar-refractivity contribution is -0.166. The average Bonchev–Trinajstić information content (AvgIpc) is 3.40. The molecule has 0 aliphatic rings. The third-order valence-electron chi connectivity index (χ3n) is 13.3. The van der Waals surface area contributed by atoms with Crippen molar-refractivity contribution in [2.24, 2.45) is 0 Å². The number of ether oxygens (including phenoxy) is 3. The SMILES string of the molecule is CC/C=C\C/C=C\C/C=C\C/C=C\CCCCCCCCCCCCCCCCCCCCCCCCC(=O)OCC(COC(=O)CCCCCCCCCC)OC(=O)CC/C=C\C/C=C\C/C=C\C/C=C\CC. The predicted molar refractivity (Wildman–Crippen MR) is 320 cm³/mol. The predicted octanol–water partition coefficient (Wildman–Crippen LogP) is 21.3. The average molecular weight is 1030 g/mol. The van der Waals surface area contributed by atoms with Crippen LogP contribution in [0.1, 0.15) is 297 Å². The highest BCUT2D eigenvalue weighted by molar-refractivity contribution is 5.71. The van der Waals surface area contributed by atoms with Gasteiger partial charge in [0.2, 0.25) is 0 Å². The topological polar surface area (TPSA) is 78.9 Å². The summed E-state index contributed by atoms with van der Waals surface area (Å²) in [5.41, 5.74) is 0. The molecule has 0 radical (unpaired) electrons. The molecule has 0 saturated heterocycles. The first-order valence-electron chi connectivity index (χ1n) is 31.2. The van der Waals surface area contributed by atoms with Crippen molar-refractivity contribution < 1.29 is 28.6 Å². The summed E-state index contributed by atoms with van der Waals surface area (Å²) >= 11 is 0. The van der Waals surface area contributed by atoms with Gasteiger partial charge in [0.05, 0.1) is 0 Å². The standard InChI is InChI=1S/C68H116O6/c1-4-7-10-13-16-19-21-23-24-25-26-27-28-29-30-31-32-33-34-35-36-37-38-39-40-41-42-43-44-46-47-49-52-55-58-61-67(70)73-64-65(63-72-66(69)60-57-54-51-18-15-12-9-6-3)74-68(71)62-59-56-53-50-48-45-22-20-17-14-11-8-5-2/h7-8,10-11,16-17,19-20,23-24,26-27,45,48,53,56,65H,4-6,9,12-15,18,21-22,25,28-44,46-47,49-52,54-55,57-64H2,1-3H3/b10-7-,11-8-,19-16-,20-17-,24-23-,27-26-,48-45-,56-53-. The van der Waals surface area contributed by atoms with Crippen LogP contribution in [0.5, 0.6) is 0 Å². The summed E-state index contributed by atoms with van der Waals surface area (Å²) in [6, 6.07) is 0. The molecule has 6 heteroatoms. The first kappa shape index (κ1) is 70.3. The van der Waals surface area contributed by atoms with Gasteiger partial charge in [-0.2, -0.15) is 0 Å². The molecule has 74 heavy (non-hydrogen) atoms. The molecule has 0 rings (SSSR count). The summed E-state index contributed by atoms with van der Waals surface area (Å²) in [5, 5.41) is 0. The molecule has 6 nitrogen and oxygen atoms in total. The normalized spacial score (nSPS) is 12.7. The van der Waals surface area contributed by atoms with E-state index in [0.29, 0.717) is 19.3 Å². The van der Waals surface area contributed by atoms with Crippen molar-refractivity contribution >= 4 is 17.9 Å². The van der Waals surface area contributed by atoms with E-state index in [0.717, 1.165) is 89.9 Å². The van der Waals surface area contributed by atoms with Crippen LogP contribution in [0, 0.1) is 0 Å². The number of carbonyl (C=O) groups excluding carboxylic acids is 3. The lowest BCUT2D eigenvalue weighted by atomic mass is 10.0. The fourth-order valence-corrected chi connectivity index (χ4v) is 8.74. The van der Waals surface area contributed by atoms with E-state index in [1.165, 1.54) is 161 Å². The van der Waals surface area contributed by atoms with E-state index in [9.17, 15) is 14.4 Å². The van der Waals surface area contributed by atoms with E-state index < -0.39 is 6.10 Å². The molecule has 0 amide bonds. The molecule has 0 aliphatic carbocycles. The Morgan fingerprint density at radius 1 is 0.284 bits per heavy atom. The van der Waals surface area contributed by atoms with E-state index in [1.54, 1.807) is 0 Å². The molecule has 0 bridgehead atoms. The monoisotopic (exact) mass is 1030 g/mol. The highest BCUT2D eigenvalue weighted by Crippen LogP contribution is 2.17. The van der Waals surface area contributed by atoms with Crippen LogP contribution in [-0.2, 0) is 28.6 Å². The summed E-state index contributed by atoms with van der Waals surface area (Å²) in [5.74, 6) is -0.981. The van der Waals surface area contributed by atoms with Crippen LogP contribution in [0.25, 0.3) is 0 Å². The van der Waals surface area contributed by atoms with Crippen molar-refractivity contribution in [3.63, 3.8) is 0 Å². The Bertz CT molecular complexity index is 1460. The zero-order valence-electron chi connectivity index (χ0n) is 48.6. The minimum Gasteiger partial charge on any atom is -0.462 e. The second-order valence-electron chi connectivity index (χ2n) is 20.6. The molecule has 0 aromatic carbocycles. The number of hydrogen-bond acceptors (Lipinski definition) is 6. The van der Waals surface area contributed by atoms with Crippen LogP contribution in [0.2, 0.25) is 0 Å². The van der Waals surface area contributed by atoms with Crippen molar-refractivity contribution in [3.05, 3.63) is 97.2 Å². The molecule has 0 aromatic heterocycles. The van der Waals surface area contributed by atoms with Crippen LogP contribution in [-0.4, -0.2) is 37.2 Å². The summed E-state index contributed by atoms with van der Waals surface area (Å²) in [4.78, 5) is 37.9. The summed E-state index contributed by atoms with van der Waals surface area (Å²) in [6.45, 7) is 6.33. The van der Waals surface area contributed by atoms with E-state index in [4.69, 9.17) is 14.2 Å². The Kier molecular flexibility index (Phi) is 58.8. The number of hydrogen-bond donors (Lipinski definition) is 0. The molecule has 424 valence electrons. The molecule has 0 saturated carbocycles. The van der Waals surface area contributed by atoms with Crippen molar-refractivity contribution in [1.82, 2.24) is 0 Å². The first-order valence-corrected chi connectivity index (χ1v) is 31.2. The van der Waals surface area contributed by atoms with E-state index in [-0.39, 0.29) is 37.5 Å². The molecule has 0 aromatic rings. The van der Waals surface area contributed by atoms with Crippen molar-refractivity contribution in [1.29, 1.82) is 0 Å². The second-order valence-corrected chi connectivity index (χ2v) is 20.6. The Labute approximate surface area is 457 Å². The van der Waals surface area contributed by atoms with Gasteiger partial charge in [0.1, 0.15) is 13.2 Å². The molecular weight excluding hydrogens is 913 g/mol. The van der Waals surface area contributed by atoms with Crippen LogP contribution >= 0.6 is 0 Å². The maximum atomic E-state index is 12.7. The zero-order valence-corrected chi connectivity index (χ0v) is 48.6. The Morgan fingerprint density at radius 3 is 0.878 bits per heavy atom. The van der Waals surface area contributed by atoms with Gasteiger partial charge >= 0.3 is 17.9 Å².